The molecule has 0 aliphatic carbocycles. The third-order valence-electron chi connectivity index (χ3n) is 3.08. The maximum Gasteiger partial charge on any atom is 0.271 e. The van der Waals surface area contributed by atoms with E-state index >= 15 is 0 Å². The first-order valence-electron chi connectivity index (χ1n) is 6.80. The third-order valence-corrected chi connectivity index (χ3v) is 3.08. The van der Waals surface area contributed by atoms with Gasteiger partial charge in [0.1, 0.15) is 5.75 Å². The van der Waals surface area contributed by atoms with Crippen LogP contribution in [0.1, 0.15) is 26.7 Å². The molecule has 1 aromatic rings. The Labute approximate surface area is 123 Å². The molecule has 1 atom stereocenters. The van der Waals surface area contributed by atoms with Gasteiger partial charge in [0.25, 0.3) is 5.69 Å². The average molecular weight is 295 g/mol. The molecule has 0 aliphatic heterocycles. The predicted molar refractivity (Wildman–Crippen MR) is 80.0 cm³/mol. The molecule has 0 bridgehead atoms. The fourth-order valence-electron chi connectivity index (χ4n) is 2.13. The molecule has 1 aromatic carbocycles. The van der Waals surface area contributed by atoms with Gasteiger partial charge in [0.2, 0.25) is 5.91 Å². The van der Waals surface area contributed by atoms with Gasteiger partial charge in [0.15, 0.2) is 0 Å². The summed E-state index contributed by atoms with van der Waals surface area (Å²) in [6.45, 7) is 4.49. The number of phenolic OH excluding ortho intramolecular Hbond substituents is 1. The van der Waals surface area contributed by atoms with E-state index < -0.39 is 4.92 Å². The molecule has 0 aromatic heterocycles. The summed E-state index contributed by atoms with van der Waals surface area (Å²) in [7, 11) is 0. The lowest BCUT2D eigenvalue weighted by Gasteiger charge is -2.16. The first-order chi connectivity index (χ1) is 9.83. The van der Waals surface area contributed by atoms with Crippen molar-refractivity contribution in [1.29, 1.82) is 0 Å². The van der Waals surface area contributed by atoms with E-state index in [4.69, 9.17) is 5.73 Å². The van der Waals surface area contributed by atoms with E-state index in [-0.39, 0.29) is 35.4 Å². The standard InChI is InChI=1S/C14H21N3O4/c1-9(2)5-10(8-15)6-14(19)16-12-7-11(17(20)21)3-4-13(12)18/h3-4,7,9-10,18H,5-6,8,15H2,1-2H3,(H,16,19). The van der Waals surface area contributed by atoms with E-state index in [1.807, 2.05) is 13.8 Å². The number of hydrogen-bond donors (Lipinski definition) is 3. The van der Waals surface area contributed by atoms with Crippen LogP contribution in [-0.4, -0.2) is 22.5 Å². The van der Waals surface area contributed by atoms with E-state index in [2.05, 4.69) is 5.32 Å². The van der Waals surface area contributed by atoms with Gasteiger partial charge in [-0.2, -0.15) is 0 Å². The maximum atomic E-state index is 11.9. The number of non-ortho nitro benzene ring substituents is 1. The van der Waals surface area contributed by atoms with E-state index in [9.17, 15) is 20.0 Å². The molecule has 0 aliphatic rings. The SMILES string of the molecule is CC(C)CC(CN)CC(=O)Nc1cc([N+](=O)[O-])ccc1O. The van der Waals surface area contributed by atoms with Crippen molar-refractivity contribution in [2.45, 2.75) is 26.7 Å². The van der Waals surface area contributed by atoms with Gasteiger partial charge in [-0.05, 0) is 30.9 Å². The monoisotopic (exact) mass is 295 g/mol. The van der Waals surface area contributed by atoms with Crippen molar-refractivity contribution in [2.75, 3.05) is 11.9 Å². The number of nitrogens with one attached hydrogen (secondary N) is 1. The van der Waals surface area contributed by atoms with Crippen molar-refractivity contribution in [3.8, 4) is 5.75 Å². The zero-order valence-corrected chi connectivity index (χ0v) is 12.2. The van der Waals surface area contributed by atoms with Crippen molar-refractivity contribution < 1.29 is 14.8 Å². The molecule has 0 spiro atoms. The summed E-state index contributed by atoms with van der Waals surface area (Å²) in [5.74, 6) is -0.0487. The van der Waals surface area contributed by atoms with Gasteiger partial charge >= 0.3 is 0 Å². The van der Waals surface area contributed by atoms with Crippen LogP contribution < -0.4 is 11.1 Å². The molecule has 0 saturated carbocycles. The first kappa shape index (κ1) is 16.9. The van der Waals surface area contributed by atoms with Gasteiger partial charge in [0, 0.05) is 18.6 Å². The molecule has 0 radical (unpaired) electrons. The Morgan fingerprint density at radius 3 is 2.67 bits per heavy atom. The van der Waals surface area contributed by atoms with Crippen LogP contribution in [0.25, 0.3) is 0 Å². The van der Waals surface area contributed by atoms with Crippen molar-refractivity contribution in [3.63, 3.8) is 0 Å². The van der Waals surface area contributed by atoms with Gasteiger partial charge in [-0.3, -0.25) is 14.9 Å². The summed E-state index contributed by atoms with van der Waals surface area (Å²) in [6, 6.07) is 3.49. The Balaban J connectivity index is 2.74. The number of carbonyl (C=O) groups is 1. The highest BCUT2D eigenvalue weighted by molar-refractivity contribution is 5.92. The maximum absolute atomic E-state index is 11.9. The van der Waals surface area contributed by atoms with E-state index in [0.29, 0.717) is 12.5 Å². The zero-order chi connectivity index (χ0) is 16.0. The minimum Gasteiger partial charge on any atom is -0.506 e. The highest BCUT2D eigenvalue weighted by atomic mass is 16.6. The van der Waals surface area contributed by atoms with Crippen molar-refractivity contribution in [2.24, 2.45) is 17.6 Å². The van der Waals surface area contributed by atoms with Gasteiger partial charge in [-0.25, -0.2) is 0 Å². The quantitative estimate of drug-likeness (QED) is 0.405. The van der Waals surface area contributed by atoms with E-state index in [1.165, 1.54) is 12.1 Å². The highest BCUT2D eigenvalue weighted by Crippen LogP contribution is 2.28. The topological polar surface area (TPSA) is 118 Å². The molecule has 0 heterocycles. The zero-order valence-electron chi connectivity index (χ0n) is 12.2. The fourth-order valence-corrected chi connectivity index (χ4v) is 2.13. The predicted octanol–water partition coefficient (Wildman–Crippen LogP) is 2.25. The number of nitro benzene ring substituents is 1. The largest absolute Gasteiger partial charge is 0.506 e. The van der Waals surface area contributed by atoms with Crippen LogP contribution in [0.5, 0.6) is 5.75 Å². The van der Waals surface area contributed by atoms with E-state index in [0.717, 1.165) is 12.5 Å². The van der Waals surface area contributed by atoms with E-state index in [1.54, 1.807) is 0 Å². The fraction of sp³-hybridized carbons (Fsp3) is 0.500. The first-order valence-corrected chi connectivity index (χ1v) is 6.80. The lowest BCUT2D eigenvalue weighted by atomic mass is 9.94. The molecular weight excluding hydrogens is 274 g/mol. The number of benzene rings is 1. The van der Waals surface area contributed by atoms with Crippen molar-refractivity contribution >= 4 is 17.3 Å². The number of hydrogen-bond acceptors (Lipinski definition) is 5. The average Bonchev–Trinajstić information content (AvgIpc) is 2.39. The minimum absolute atomic E-state index is 0.0366. The number of carbonyl (C=O) groups excluding carboxylic acids is 1. The van der Waals surface area contributed by atoms with Crippen LogP contribution in [0.2, 0.25) is 0 Å². The van der Waals surface area contributed by atoms with Gasteiger partial charge in [-0.1, -0.05) is 13.8 Å². The molecule has 116 valence electrons. The Bertz CT molecular complexity index is 517. The lowest BCUT2D eigenvalue weighted by molar-refractivity contribution is -0.384. The number of nitro groups is 1. The minimum atomic E-state index is -0.587. The summed E-state index contributed by atoms with van der Waals surface area (Å²) in [5.41, 5.74) is 5.48. The molecule has 1 amide bonds. The van der Waals surface area contributed by atoms with Crippen LogP contribution in [0.15, 0.2) is 18.2 Å². The second-order valence-electron chi connectivity index (χ2n) is 5.44. The van der Waals surface area contributed by atoms with Crippen LogP contribution in [0.4, 0.5) is 11.4 Å². The van der Waals surface area contributed by atoms with Gasteiger partial charge < -0.3 is 16.2 Å². The number of rotatable bonds is 7. The highest BCUT2D eigenvalue weighted by Gasteiger charge is 2.17. The Hall–Kier alpha value is -2.15. The molecule has 7 nitrogen and oxygen atoms in total. The lowest BCUT2D eigenvalue weighted by Crippen LogP contribution is -2.23. The molecule has 7 heteroatoms. The molecule has 4 N–H and O–H groups in total. The normalized spacial score (nSPS) is 12.2. The molecule has 1 unspecified atom stereocenters. The van der Waals surface area contributed by atoms with Crippen molar-refractivity contribution in [3.05, 3.63) is 28.3 Å². The Kier molecular flexibility index (Phi) is 6.10. The number of phenols is 1. The summed E-state index contributed by atoms with van der Waals surface area (Å²) in [6.07, 6.45) is 1.04. The molecule has 21 heavy (non-hydrogen) atoms. The summed E-state index contributed by atoms with van der Waals surface area (Å²) in [4.78, 5) is 22.1. The van der Waals surface area contributed by atoms with Crippen molar-refractivity contribution in [1.82, 2.24) is 0 Å². The second-order valence-corrected chi connectivity index (χ2v) is 5.44. The number of nitrogens with zero attached hydrogens (tertiary/aromatic N) is 1. The second kappa shape index (κ2) is 7.58. The molecule has 1 rings (SSSR count). The summed E-state index contributed by atoms with van der Waals surface area (Å²) >= 11 is 0. The molecule has 0 fully saturated rings. The van der Waals surface area contributed by atoms with Crippen LogP contribution >= 0.6 is 0 Å². The van der Waals surface area contributed by atoms with Crippen LogP contribution in [-0.2, 0) is 4.79 Å². The van der Waals surface area contributed by atoms with Crippen LogP contribution in [0.3, 0.4) is 0 Å². The molecule has 0 saturated heterocycles. The number of amides is 1. The Morgan fingerprint density at radius 2 is 2.14 bits per heavy atom. The van der Waals surface area contributed by atoms with Gasteiger partial charge in [0.05, 0.1) is 10.6 Å². The van der Waals surface area contributed by atoms with Crippen LogP contribution in [0, 0.1) is 22.0 Å². The number of aromatic hydroxyl groups is 1. The van der Waals surface area contributed by atoms with Gasteiger partial charge in [-0.15, -0.1) is 0 Å². The third kappa shape index (κ3) is 5.39. The number of nitrogens with two attached hydrogens (primary N) is 1. The Morgan fingerprint density at radius 1 is 1.48 bits per heavy atom. The summed E-state index contributed by atoms with van der Waals surface area (Å²) in [5, 5.41) is 22.8. The summed E-state index contributed by atoms with van der Waals surface area (Å²) < 4.78 is 0. The molecular formula is C14H21N3O4. The number of anilines is 1. The smallest absolute Gasteiger partial charge is 0.271 e.